The minimum Gasteiger partial charge on any atom is -0.356 e. The van der Waals surface area contributed by atoms with Gasteiger partial charge in [0.15, 0.2) is 6.23 Å². The molecule has 2 heterocycles. The van der Waals surface area contributed by atoms with Gasteiger partial charge in [-0.25, -0.2) is 4.68 Å². The van der Waals surface area contributed by atoms with Crippen molar-refractivity contribution in [1.82, 2.24) is 9.78 Å². The number of benzene rings is 3. The van der Waals surface area contributed by atoms with Gasteiger partial charge in [0.2, 0.25) is 0 Å². The molecule has 3 aromatic carbocycles. The molecule has 0 N–H and O–H groups in total. The predicted octanol–water partition coefficient (Wildman–Crippen LogP) is 7.64. The zero-order valence-electron chi connectivity index (χ0n) is 20.0. The van der Waals surface area contributed by atoms with E-state index in [0.717, 1.165) is 47.9 Å². The normalized spacial score (nSPS) is 16.9. The fraction of sp³-hybridized carbons (Fsp3) is 0.226. The van der Waals surface area contributed by atoms with Crippen LogP contribution in [-0.4, -0.2) is 16.4 Å². The SMILES string of the molecule is CCC(=C(c1ccc(C=CC#N)cc1)c1ccc2c(cnn2C2CCCCO2)c1)c1ccccc1. The fourth-order valence-corrected chi connectivity index (χ4v) is 4.93. The number of ether oxygens (including phenoxy) is 1. The first-order valence-electron chi connectivity index (χ1n) is 12.3. The van der Waals surface area contributed by atoms with Gasteiger partial charge in [0.25, 0.3) is 0 Å². The van der Waals surface area contributed by atoms with Crippen molar-refractivity contribution in [2.75, 3.05) is 6.61 Å². The Morgan fingerprint density at radius 1 is 1.03 bits per heavy atom. The molecule has 1 unspecified atom stereocenters. The molecule has 4 nitrogen and oxygen atoms in total. The van der Waals surface area contributed by atoms with E-state index in [2.05, 4.69) is 85.8 Å². The van der Waals surface area contributed by atoms with E-state index in [-0.39, 0.29) is 6.23 Å². The van der Waals surface area contributed by atoms with Crippen molar-refractivity contribution in [3.63, 3.8) is 0 Å². The molecule has 0 bridgehead atoms. The third-order valence-electron chi connectivity index (χ3n) is 6.64. The van der Waals surface area contributed by atoms with Crippen molar-refractivity contribution in [1.29, 1.82) is 5.26 Å². The second-order valence-electron chi connectivity index (χ2n) is 8.84. The molecule has 4 aromatic rings. The van der Waals surface area contributed by atoms with Crippen LogP contribution in [0, 0.1) is 11.3 Å². The molecular formula is C31H29N3O. The molecule has 0 aliphatic carbocycles. The van der Waals surface area contributed by atoms with Gasteiger partial charge in [-0.05, 0) is 77.3 Å². The van der Waals surface area contributed by atoms with E-state index < -0.39 is 0 Å². The van der Waals surface area contributed by atoms with Gasteiger partial charge in [0.05, 0.1) is 17.8 Å². The Morgan fingerprint density at radius 2 is 1.83 bits per heavy atom. The quantitative estimate of drug-likeness (QED) is 0.220. The largest absolute Gasteiger partial charge is 0.356 e. The third-order valence-corrected chi connectivity index (χ3v) is 6.64. The highest BCUT2D eigenvalue weighted by atomic mass is 16.5. The summed E-state index contributed by atoms with van der Waals surface area (Å²) < 4.78 is 8.03. The summed E-state index contributed by atoms with van der Waals surface area (Å²) in [6.07, 6.45) is 9.52. The number of nitrogens with zero attached hydrogens (tertiary/aromatic N) is 3. The van der Waals surface area contributed by atoms with Crippen LogP contribution in [-0.2, 0) is 4.74 Å². The molecule has 1 aromatic heterocycles. The van der Waals surface area contributed by atoms with Crippen molar-refractivity contribution in [2.24, 2.45) is 0 Å². The Balaban J connectivity index is 1.63. The second-order valence-corrected chi connectivity index (χ2v) is 8.84. The molecule has 1 saturated heterocycles. The molecule has 174 valence electrons. The molecule has 4 heteroatoms. The lowest BCUT2D eigenvalue weighted by atomic mass is 9.87. The number of fused-ring (bicyclic) bond motifs is 1. The minimum absolute atomic E-state index is 0.0200. The summed E-state index contributed by atoms with van der Waals surface area (Å²) >= 11 is 0. The van der Waals surface area contributed by atoms with E-state index in [1.54, 1.807) is 0 Å². The molecule has 1 aliphatic rings. The standard InChI is InChI=1S/C31H29N3O/c1-2-28(24-10-4-3-5-11-24)31(25-15-13-23(14-16-25)9-8-19-32)26-17-18-29-27(21-26)22-33-34(29)30-12-6-7-20-35-30/h3-5,8-11,13-18,21-22,30H,2,6-7,12,20H2,1H3. The Kier molecular flexibility index (Phi) is 6.88. The second kappa shape index (κ2) is 10.5. The van der Waals surface area contributed by atoms with Crippen LogP contribution >= 0.6 is 0 Å². The highest BCUT2D eigenvalue weighted by Gasteiger charge is 2.20. The van der Waals surface area contributed by atoms with Crippen LogP contribution in [0.2, 0.25) is 0 Å². The van der Waals surface area contributed by atoms with Gasteiger partial charge < -0.3 is 4.74 Å². The van der Waals surface area contributed by atoms with E-state index in [0.29, 0.717) is 0 Å². The average Bonchev–Trinajstić information content (AvgIpc) is 3.35. The lowest BCUT2D eigenvalue weighted by Crippen LogP contribution is -2.18. The van der Waals surface area contributed by atoms with E-state index in [1.165, 1.54) is 34.8 Å². The van der Waals surface area contributed by atoms with Crippen molar-refractivity contribution < 1.29 is 4.74 Å². The maximum absolute atomic E-state index is 8.86. The van der Waals surface area contributed by atoms with Gasteiger partial charge in [-0.2, -0.15) is 10.4 Å². The molecular weight excluding hydrogens is 430 g/mol. The molecule has 35 heavy (non-hydrogen) atoms. The van der Waals surface area contributed by atoms with Crippen molar-refractivity contribution in [3.8, 4) is 6.07 Å². The number of rotatable bonds is 6. The molecule has 0 spiro atoms. The van der Waals surface area contributed by atoms with Crippen molar-refractivity contribution >= 4 is 28.1 Å². The molecule has 0 amide bonds. The Bertz CT molecular complexity index is 1400. The Hall–Kier alpha value is -3.94. The maximum Gasteiger partial charge on any atom is 0.150 e. The van der Waals surface area contributed by atoms with Crippen LogP contribution in [0.3, 0.4) is 0 Å². The summed E-state index contributed by atoms with van der Waals surface area (Å²) in [5.41, 5.74) is 8.19. The summed E-state index contributed by atoms with van der Waals surface area (Å²) in [6, 6.07) is 27.7. The highest BCUT2D eigenvalue weighted by molar-refractivity contribution is 6.00. The smallest absolute Gasteiger partial charge is 0.150 e. The molecule has 5 rings (SSSR count). The van der Waals surface area contributed by atoms with Crippen LogP contribution in [0.5, 0.6) is 0 Å². The number of aromatic nitrogens is 2. The van der Waals surface area contributed by atoms with E-state index >= 15 is 0 Å². The van der Waals surface area contributed by atoms with Crippen molar-refractivity contribution in [3.05, 3.63) is 107 Å². The fourth-order valence-electron chi connectivity index (χ4n) is 4.93. The van der Waals surface area contributed by atoms with Gasteiger partial charge >= 0.3 is 0 Å². The van der Waals surface area contributed by atoms with Gasteiger partial charge in [0, 0.05) is 18.1 Å². The number of hydrogen-bond donors (Lipinski definition) is 0. The van der Waals surface area contributed by atoms with Crippen LogP contribution < -0.4 is 0 Å². The summed E-state index contributed by atoms with van der Waals surface area (Å²) in [5.74, 6) is 0. The Morgan fingerprint density at radius 3 is 2.54 bits per heavy atom. The third kappa shape index (κ3) is 4.82. The maximum atomic E-state index is 8.86. The number of hydrogen-bond acceptors (Lipinski definition) is 3. The van der Waals surface area contributed by atoms with Gasteiger partial charge in [-0.3, -0.25) is 0 Å². The first kappa shape index (κ1) is 22.8. The van der Waals surface area contributed by atoms with Gasteiger partial charge in [0.1, 0.15) is 0 Å². The number of allylic oxidation sites excluding steroid dienone is 2. The van der Waals surface area contributed by atoms with E-state index in [4.69, 9.17) is 15.1 Å². The van der Waals surface area contributed by atoms with Gasteiger partial charge in [-0.15, -0.1) is 0 Å². The first-order chi connectivity index (χ1) is 17.3. The Labute approximate surface area is 206 Å². The monoisotopic (exact) mass is 459 g/mol. The van der Waals surface area contributed by atoms with Crippen LogP contribution in [0.15, 0.2) is 85.1 Å². The van der Waals surface area contributed by atoms with Crippen LogP contribution in [0.1, 0.15) is 61.1 Å². The molecule has 1 aliphatic heterocycles. The van der Waals surface area contributed by atoms with Crippen LogP contribution in [0.25, 0.3) is 28.1 Å². The predicted molar refractivity (Wildman–Crippen MR) is 142 cm³/mol. The van der Waals surface area contributed by atoms with Crippen LogP contribution in [0.4, 0.5) is 0 Å². The molecule has 1 fully saturated rings. The number of nitriles is 1. The first-order valence-corrected chi connectivity index (χ1v) is 12.3. The lowest BCUT2D eigenvalue weighted by Gasteiger charge is -2.23. The van der Waals surface area contributed by atoms with E-state index in [9.17, 15) is 0 Å². The van der Waals surface area contributed by atoms with E-state index in [1.807, 2.05) is 17.0 Å². The molecule has 0 radical (unpaired) electrons. The minimum atomic E-state index is 0.0200. The zero-order valence-corrected chi connectivity index (χ0v) is 20.0. The molecule has 1 atom stereocenters. The summed E-state index contributed by atoms with van der Waals surface area (Å²) in [7, 11) is 0. The summed E-state index contributed by atoms with van der Waals surface area (Å²) in [5, 5.41) is 14.7. The lowest BCUT2D eigenvalue weighted by molar-refractivity contribution is -0.0366. The van der Waals surface area contributed by atoms with Crippen molar-refractivity contribution in [2.45, 2.75) is 38.8 Å². The molecule has 0 saturated carbocycles. The zero-order chi connectivity index (χ0) is 24.0. The highest BCUT2D eigenvalue weighted by Crippen LogP contribution is 2.36. The summed E-state index contributed by atoms with van der Waals surface area (Å²) in [4.78, 5) is 0. The summed E-state index contributed by atoms with van der Waals surface area (Å²) in [6.45, 7) is 3.01. The van der Waals surface area contributed by atoms with Gasteiger partial charge in [-0.1, -0.05) is 67.6 Å². The topological polar surface area (TPSA) is 50.8 Å². The average molecular weight is 460 g/mol.